The summed E-state index contributed by atoms with van der Waals surface area (Å²) in [6.45, 7) is -19.6. The van der Waals surface area contributed by atoms with Crippen LogP contribution in [0, 0.1) is 70.9 Å². The molecule has 0 aliphatic carbocycles. The van der Waals surface area contributed by atoms with Crippen molar-refractivity contribution in [1.29, 1.82) is 0 Å². The van der Waals surface area contributed by atoms with Gasteiger partial charge in [-0.3, -0.25) is 58.2 Å². The van der Waals surface area contributed by atoms with Crippen molar-refractivity contribution in [1.82, 2.24) is 29.4 Å². The van der Waals surface area contributed by atoms with Gasteiger partial charge in [0.2, 0.25) is 0 Å². The summed E-state index contributed by atoms with van der Waals surface area (Å²) in [5, 5.41) is 0. The Balaban J connectivity index is 0.000000225. The number of piperidine rings is 6. The molecule has 774 valence electrons. The smallest absolute Gasteiger partial charge is 0.161 e. The number of carbonyl (C=O) groups excluding carboxylic acids is 6. The molecule has 0 aromatic heterocycles. The van der Waals surface area contributed by atoms with Crippen molar-refractivity contribution < 1.29 is 217 Å². The first-order valence-corrected chi connectivity index (χ1v) is 43.9. The van der Waals surface area contributed by atoms with Crippen molar-refractivity contribution in [3.63, 3.8) is 0 Å². The summed E-state index contributed by atoms with van der Waals surface area (Å²) in [5.74, 6) is -43.4. The fraction of sp³-hybridized carbons (Fsp3) is 0.641. The van der Waals surface area contributed by atoms with E-state index in [1.165, 1.54) is 4.90 Å². The summed E-state index contributed by atoms with van der Waals surface area (Å²) < 4.78 is 833. The molecule has 24 nitrogen and oxygen atoms in total. The third-order valence-corrected chi connectivity index (χ3v) is 23.8. The van der Waals surface area contributed by atoms with Gasteiger partial charge < -0.3 is 56.8 Å². The maximum Gasteiger partial charge on any atom is 0.161 e. The van der Waals surface area contributed by atoms with Crippen LogP contribution < -0.4 is 56.8 Å². The molecule has 6 aromatic carbocycles. The van der Waals surface area contributed by atoms with E-state index in [1.54, 1.807) is 13.8 Å². The number of Topliss-reactive ketones (excluding diaryl/α,β-unsaturated/α-hetero) is 6. The second-order valence-electron chi connectivity index (χ2n) is 34.2. The van der Waals surface area contributed by atoms with Crippen molar-refractivity contribution in [2.75, 3.05) is 163 Å². The zero-order valence-electron chi connectivity index (χ0n) is 173. The molecule has 0 bridgehead atoms. The fourth-order valence-corrected chi connectivity index (χ4v) is 17.2. The number of ether oxygens (including phenoxy) is 12. The van der Waals surface area contributed by atoms with Crippen LogP contribution in [0.1, 0.15) is 413 Å². The lowest BCUT2D eigenvalue weighted by Gasteiger charge is -2.43. The van der Waals surface area contributed by atoms with Crippen molar-refractivity contribution in [2.45, 2.75) is 253 Å². The van der Waals surface area contributed by atoms with Crippen LogP contribution in [0.3, 0.4) is 0 Å². The molecule has 15 atom stereocenters. The van der Waals surface area contributed by atoms with E-state index in [0.29, 0.717) is 38.5 Å². The largest absolute Gasteiger partial charge is 0.493 e. The highest BCUT2D eigenvalue weighted by Gasteiger charge is 2.47. The monoisotopic (exact) mass is 2040 g/mol. The number of methoxy groups -OCH3 is 12. The summed E-state index contributed by atoms with van der Waals surface area (Å²) in [6.07, 6.45) is -37.7. The van der Waals surface area contributed by atoms with Crippen LogP contribution in [0.5, 0.6) is 69.0 Å². The molecule has 6 fully saturated rings. The third-order valence-electron chi connectivity index (χ3n) is 23.8. The molecule has 141 heavy (non-hydrogen) atoms. The predicted octanol–water partition coefficient (Wildman–Crippen LogP) is 20.6. The van der Waals surface area contributed by atoms with Crippen LogP contribution in [-0.4, -0.2) is 227 Å². The van der Waals surface area contributed by atoms with Gasteiger partial charge in [0.25, 0.3) is 0 Å². The molecule has 12 aliphatic rings. The molecular formula is C117H168N6O18. The molecule has 0 saturated carbocycles. The Hall–Kier alpha value is -9.30. The van der Waals surface area contributed by atoms with E-state index in [9.17, 15) is 30.1 Å². The van der Waals surface area contributed by atoms with Gasteiger partial charge in [-0.15, -0.1) is 0 Å². The highest BCUT2D eigenvalue weighted by molar-refractivity contribution is 5.86. The number of nitrogens with zero attached hydrogens (tertiary/aromatic N) is 6. The Kier molecular flexibility index (Phi) is 13.9. The zero-order chi connectivity index (χ0) is 185. The molecule has 6 saturated heterocycles. The standard InChI is InChI=1S/3C20H29NO3.3C19H27NO3/c3*1-5-13(2)8-15-12-21-7-6-14-9-19(23-3)20(24-4)10-16(14)17(21)11-18(15)22;3*1-12(2)7-14-11-20-6-5-13-8-18(22-3)19(23-4)9-15(13)16(20)10-17(14)21/h3*9-10,13,15,17H,5-8,11-12H2,1-4H3;3*8-9,12,14,16H,5-7,10-11H2,1-4H3/i2D3,3D3,4D3,5D2,8D2,9D,10D,11D2,12D2,13D,15D;2D3,3D3,4D3,5D2,6D2,7D2,8D2,9D,10D,13D,17D;2D3,3D3,4D3,5D2,8D2,9D,10D,12D2,13D;3D3,4D3,8D,9D,10D2,11D2,14D;3D3,4D3,5D2,6D2,8D,9D,16D;3D3,4D3,8D,9D,11D2. The Morgan fingerprint density at radius 3 is 0.972 bits per heavy atom. The van der Waals surface area contributed by atoms with Crippen molar-refractivity contribution in [3.8, 4) is 69.0 Å². The molecule has 0 spiro atoms. The first-order chi connectivity index (χ1) is 105. The van der Waals surface area contributed by atoms with Gasteiger partial charge in [-0.25, -0.2) is 0 Å². The Labute approximate surface area is 977 Å². The first-order valence-electron chi connectivity index (χ1n) is 91.9. The van der Waals surface area contributed by atoms with Crippen LogP contribution in [0.15, 0.2) is 72.5 Å². The van der Waals surface area contributed by atoms with Gasteiger partial charge in [0.1, 0.15) is 34.7 Å². The quantitative estimate of drug-likeness (QED) is 0.0466. The molecule has 0 N–H and O–H groups in total. The minimum Gasteiger partial charge on any atom is -0.493 e. The second kappa shape index (κ2) is 50.0. The third kappa shape index (κ3) is 25.6. The average Bonchev–Trinajstić information content (AvgIpc) is 0.645. The minimum absolute atomic E-state index is 0.0438. The van der Waals surface area contributed by atoms with Crippen molar-refractivity contribution in [2.24, 2.45) is 70.9 Å². The lowest BCUT2D eigenvalue weighted by Crippen LogP contribution is -2.46. The molecule has 0 radical (unpaired) electrons. The number of ketones is 6. The molecule has 6 aromatic rings. The molecule has 12 heterocycles. The van der Waals surface area contributed by atoms with Crippen molar-refractivity contribution in [3.05, 3.63) is 139 Å². The molecule has 0 amide bonds. The fourth-order valence-electron chi connectivity index (χ4n) is 17.2. The Morgan fingerprint density at radius 1 is 0.326 bits per heavy atom. The van der Waals surface area contributed by atoms with E-state index < -0.39 is 534 Å². The number of carbonyl (C=O) groups is 6. The topological polar surface area (TPSA) is 233 Å². The van der Waals surface area contributed by atoms with Gasteiger partial charge >= 0.3 is 0 Å². The van der Waals surface area contributed by atoms with Crippen LogP contribution in [-0.2, 0) is 67.2 Å². The normalized spacial score (nSPS) is 42.9. The molecular weight excluding hydrogens is 1780 g/mol. The lowest BCUT2D eigenvalue weighted by molar-refractivity contribution is -0.130. The Morgan fingerprint density at radius 2 is 0.610 bits per heavy atom. The van der Waals surface area contributed by atoms with E-state index in [0.717, 1.165) is 14.7 Å². The number of fused-ring (bicyclic) bond motifs is 18. The molecule has 15 unspecified atom stereocenters. The van der Waals surface area contributed by atoms with Crippen LogP contribution in [0.25, 0.3) is 0 Å². The summed E-state index contributed by atoms with van der Waals surface area (Å²) >= 11 is 0. The average molecular weight is 2040 g/mol. The van der Waals surface area contributed by atoms with E-state index in [-0.39, 0.29) is 126 Å². The lowest BCUT2D eigenvalue weighted by atomic mass is 9.79. The molecule has 12 aliphatic heterocycles. The first kappa shape index (κ1) is 39.2. The maximum atomic E-state index is 14.0. The highest BCUT2D eigenvalue weighted by Crippen LogP contribution is 2.51. The van der Waals surface area contributed by atoms with Gasteiger partial charge in [0, 0.05) is 251 Å². The van der Waals surface area contributed by atoms with Crippen LogP contribution in [0.2, 0.25) is 0 Å². The zero-order valence-corrected chi connectivity index (χ0v) is 77.4. The Bertz CT molecular complexity index is 9840. The predicted molar refractivity (Wildman–Crippen MR) is 555 cm³/mol. The summed E-state index contributed by atoms with van der Waals surface area (Å²) in [4.78, 5) is 85.4. The van der Waals surface area contributed by atoms with Gasteiger partial charge in [-0.05, 0) is 252 Å². The minimum atomic E-state index is -4.29. The van der Waals surface area contributed by atoms with E-state index in [1.807, 2.05) is 27.7 Å². The van der Waals surface area contributed by atoms with Gasteiger partial charge in [0.05, 0.1) is 153 Å². The highest BCUT2D eigenvalue weighted by atomic mass is 16.5. The van der Waals surface area contributed by atoms with Crippen LogP contribution in [0.4, 0.5) is 0 Å². The van der Waals surface area contributed by atoms with Gasteiger partial charge in [-0.2, -0.15) is 0 Å². The van der Waals surface area contributed by atoms with E-state index >= 15 is 0 Å². The molecule has 24 heteroatoms. The summed E-state index contributed by atoms with van der Waals surface area (Å²) in [7, 11) is -38.9. The molecule has 18 rings (SSSR count). The van der Waals surface area contributed by atoms with E-state index in [2.05, 4.69) is 0 Å². The van der Waals surface area contributed by atoms with Crippen molar-refractivity contribution >= 4 is 34.7 Å². The van der Waals surface area contributed by atoms with Crippen LogP contribution >= 0.6 is 0 Å². The summed E-state index contributed by atoms with van der Waals surface area (Å²) in [5.41, 5.74) is -5.26. The maximum absolute atomic E-state index is 14.0. The summed E-state index contributed by atoms with van der Waals surface area (Å²) in [6, 6.07) is -22.4. The van der Waals surface area contributed by atoms with E-state index in [4.69, 9.17) is 187 Å². The number of benzene rings is 6. The SMILES string of the molecule is [2H]c1c(OC([2H])([2H])[2H])c(OC([2H])([2H])[2H])c([2H])c2c1C1([2H])CC(=O)C(C([2H])([2H])C([2H])(C([2H])([2H])[2H])C([2H])([2H])C)CN1C([2H])([2H])C2([2H])[2H].[2H]c1c(OC([2H])([2H])[2H])c(OC([2H])([2H])[2H])c([2H])c2c1C1([2H])CC(=O)C(CC(C)C)CN1C([2H])([2H])C2([2H])[2H].[2H]c1c2c(c([2H])c(OC([2H])([2H])[2H])c1OC([2H])([2H])[2H])C1CC(=O)C(C([2H])([2H])C([2H])(C([2H])([2H])[2H])C([2H])([2H])C)C([2H])([2H])N1CC2.[2H]c1c2c(c([2H])c(OC([2H])([2H])[2H])c1OC([2H])([2H])[2H])C1CC(=O)C(CC(C)C)C([2H])([2H])N1CC2.[2H]c1c2c(c([2H])c(OC([2H])([2H])[2H])c1OC([2H])([2H])[2H])C1N(CC2)C([2H])([2H])C([2H])(C([2H])([2H])C([2H])(C([2H])([2H])[2H])C([2H])([2H])C)C(=O)C1([2H])[2H].[2H]c1c2c(c([2H])c(OC([2H])([2H])[2H])c1OC([2H])([2H])[2H])C1N(CC2)C([2H])([2H])C([2H])(CC(C)C)C(=O)C1([2H])[2H]. The van der Waals surface area contributed by atoms with Gasteiger partial charge in [-0.1, -0.05) is 102 Å². The number of rotatable bonds is 27. The number of hydrogen-bond acceptors (Lipinski definition) is 24. The van der Waals surface area contributed by atoms with Gasteiger partial charge in [0.15, 0.2) is 69.0 Å². The number of hydrogen-bond donors (Lipinski definition) is 0. The second-order valence-corrected chi connectivity index (χ2v) is 34.2.